The van der Waals surface area contributed by atoms with Crippen LogP contribution >= 0.6 is 0 Å². The molecular weight excluding hydrogens is 212 g/mol. The molecule has 0 aromatic carbocycles. The molecule has 1 unspecified atom stereocenters. The summed E-state index contributed by atoms with van der Waals surface area (Å²) in [7, 11) is 0. The van der Waals surface area contributed by atoms with E-state index in [1.807, 2.05) is 11.8 Å². The van der Waals surface area contributed by atoms with Crippen molar-refractivity contribution in [3.63, 3.8) is 0 Å². The van der Waals surface area contributed by atoms with Gasteiger partial charge in [0, 0.05) is 13.5 Å². The largest absolute Gasteiger partial charge is 0.395 e. The summed E-state index contributed by atoms with van der Waals surface area (Å²) in [5.74, 6) is -0.176. The molecule has 1 rings (SSSR count). The van der Waals surface area contributed by atoms with Crippen LogP contribution in [0.4, 0.5) is 0 Å². The van der Waals surface area contributed by atoms with E-state index in [9.17, 15) is 15.0 Å². The lowest BCUT2D eigenvalue weighted by Gasteiger charge is -2.28. The van der Waals surface area contributed by atoms with Crippen LogP contribution in [-0.4, -0.2) is 70.1 Å². The fourth-order valence-corrected chi connectivity index (χ4v) is 2.26. The molecule has 0 bridgehead atoms. The summed E-state index contributed by atoms with van der Waals surface area (Å²) in [5.41, 5.74) is 0. The number of carbonyl (C=O) groups is 1. The maximum Gasteiger partial charge on any atom is 0.216 e. The molecule has 6 nitrogen and oxygen atoms in total. The molecule has 16 heavy (non-hydrogen) atoms. The van der Waals surface area contributed by atoms with Gasteiger partial charge < -0.3 is 20.6 Å². The lowest BCUT2D eigenvalue weighted by molar-refractivity contribution is -0.119. The molecule has 1 amide bonds. The van der Waals surface area contributed by atoms with E-state index in [1.165, 1.54) is 6.92 Å². The highest BCUT2D eigenvalue weighted by atomic mass is 16.3. The minimum Gasteiger partial charge on any atom is -0.395 e. The molecule has 1 saturated heterocycles. The maximum absolute atomic E-state index is 10.8. The van der Waals surface area contributed by atoms with Crippen LogP contribution in [-0.2, 0) is 4.79 Å². The van der Waals surface area contributed by atoms with Crippen LogP contribution < -0.4 is 5.32 Å². The molecular formula is C10H20N2O4. The van der Waals surface area contributed by atoms with Crippen LogP contribution in [0.2, 0.25) is 0 Å². The molecule has 0 spiro atoms. The minimum absolute atomic E-state index is 0.176. The van der Waals surface area contributed by atoms with Crippen LogP contribution in [0.5, 0.6) is 0 Å². The van der Waals surface area contributed by atoms with Crippen molar-refractivity contribution in [2.24, 2.45) is 0 Å². The van der Waals surface area contributed by atoms with E-state index in [0.29, 0.717) is 6.54 Å². The fraction of sp³-hybridized carbons (Fsp3) is 0.900. The van der Waals surface area contributed by atoms with Gasteiger partial charge in [-0.15, -0.1) is 0 Å². The number of nitrogens with one attached hydrogen (secondary N) is 1. The third-order valence-corrected chi connectivity index (χ3v) is 3.10. The number of hydrogen-bond acceptors (Lipinski definition) is 5. The number of likely N-dealkylation sites (N-methyl/N-ethyl adjacent to an activating group) is 1. The Morgan fingerprint density at radius 2 is 1.88 bits per heavy atom. The molecule has 94 valence electrons. The van der Waals surface area contributed by atoms with Crippen LogP contribution in [0.15, 0.2) is 0 Å². The van der Waals surface area contributed by atoms with Crippen molar-refractivity contribution >= 4 is 5.91 Å². The zero-order valence-electron chi connectivity index (χ0n) is 9.63. The predicted octanol–water partition coefficient (Wildman–Crippen LogP) is -2.09. The van der Waals surface area contributed by atoms with Crippen LogP contribution in [0.25, 0.3) is 0 Å². The zero-order chi connectivity index (χ0) is 12.3. The Balaban J connectivity index is 2.69. The van der Waals surface area contributed by atoms with Gasteiger partial charge >= 0.3 is 0 Å². The number of hydrogen-bond donors (Lipinski definition) is 4. The molecule has 6 heteroatoms. The van der Waals surface area contributed by atoms with Crippen LogP contribution in [0.3, 0.4) is 0 Å². The minimum atomic E-state index is -0.969. The first kappa shape index (κ1) is 13.4. The smallest absolute Gasteiger partial charge is 0.216 e. The predicted molar refractivity (Wildman–Crippen MR) is 57.7 cm³/mol. The highest BCUT2D eigenvalue weighted by Crippen LogP contribution is 2.24. The van der Waals surface area contributed by atoms with Crippen molar-refractivity contribution < 1.29 is 20.1 Å². The summed E-state index contributed by atoms with van der Waals surface area (Å²) in [5, 5.41) is 31.3. The molecule has 0 radical (unpaired) electrons. The van der Waals surface area contributed by atoms with E-state index in [1.54, 1.807) is 0 Å². The van der Waals surface area contributed by atoms with Gasteiger partial charge in [-0.25, -0.2) is 0 Å². The maximum atomic E-state index is 10.8. The lowest BCUT2D eigenvalue weighted by Crippen LogP contribution is -2.46. The highest BCUT2D eigenvalue weighted by molar-refractivity contribution is 5.72. The van der Waals surface area contributed by atoms with Gasteiger partial charge in [0.1, 0.15) is 0 Å². The van der Waals surface area contributed by atoms with Crippen LogP contribution in [0.1, 0.15) is 13.8 Å². The molecule has 0 saturated carbocycles. The van der Waals surface area contributed by atoms with Crippen molar-refractivity contribution in [3.8, 4) is 0 Å². The average Bonchev–Trinajstić information content (AvgIpc) is 2.48. The molecule has 0 aromatic heterocycles. The third kappa shape index (κ3) is 2.52. The van der Waals surface area contributed by atoms with Crippen LogP contribution in [0, 0.1) is 0 Å². The summed E-state index contributed by atoms with van der Waals surface area (Å²) in [6.45, 7) is 3.95. The second-order valence-corrected chi connectivity index (χ2v) is 4.07. The van der Waals surface area contributed by atoms with Gasteiger partial charge in [0.25, 0.3) is 0 Å². The second-order valence-electron chi connectivity index (χ2n) is 4.07. The summed E-state index contributed by atoms with van der Waals surface area (Å²) >= 11 is 0. The number of rotatable bonds is 4. The van der Waals surface area contributed by atoms with E-state index in [0.717, 1.165) is 0 Å². The number of carbonyl (C=O) groups excluding carboxylic acids is 1. The van der Waals surface area contributed by atoms with E-state index >= 15 is 0 Å². The topological polar surface area (TPSA) is 93.0 Å². The van der Waals surface area contributed by atoms with E-state index < -0.39 is 18.2 Å². The first-order chi connectivity index (χ1) is 7.52. The Labute approximate surface area is 94.9 Å². The summed E-state index contributed by atoms with van der Waals surface area (Å²) in [4.78, 5) is 12.6. The molecule has 1 aliphatic heterocycles. The molecule has 1 aliphatic rings. The third-order valence-electron chi connectivity index (χ3n) is 3.10. The Morgan fingerprint density at radius 1 is 1.31 bits per heavy atom. The molecule has 4 atom stereocenters. The quantitative estimate of drug-likeness (QED) is 0.446. The number of aliphatic hydroxyl groups is 3. The summed E-state index contributed by atoms with van der Waals surface area (Å²) in [6.07, 6.45) is -1.91. The molecule has 1 heterocycles. The number of nitrogens with zero attached hydrogens (tertiary/aromatic N) is 1. The van der Waals surface area contributed by atoms with Gasteiger partial charge in [0.2, 0.25) is 5.91 Å². The standard InChI is InChI=1S/C10H20N2O4/c1-3-12-7(4-11-6(2)14)9(15)10(16)8(12)5-13/h7-10,13,15-16H,3-5H2,1-2H3,(H,11,14)/t7?,8-,9-,10-/m1/s1. The van der Waals surface area contributed by atoms with Crippen molar-refractivity contribution in [1.29, 1.82) is 0 Å². The molecule has 0 aromatic rings. The van der Waals surface area contributed by atoms with E-state index in [2.05, 4.69) is 5.32 Å². The van der Waals surface area contributed by atoms with Gasteiger partial charge in [-0.1, -0.05) is 6.92 Å². The SMILES string of the molecule is CCN1C(CNC(C)=O)[C@@H](O)[C@H](O)[C@H]1CO. The Morgan fingerprint density at radius 3 is 2.31 bits per heavy atom. The molecule has 0 aliphatic carbocycles. The summed E-state index contributed by atoms with van der Waals surface area (Å²) in [6, 6.07) is -0.806. The Hall–Kier alpha value is -0.690. The zero-order valence-corrected chi connectivity index (χ0v) is 9.63. The van der Waals surface area contributed by atoms with Gasteiger partial charge in [0.15, 0.2) is 0 Å². The lowest BCUT2D eigenvalue weighted by atomic mass is 10.1. The van der Waals surface area contributed by atoms with Gasteiger partial charge in [-0.05, 0) is 6.54 Å². The van der Waals surface area contributed by atoms with Gasteiger partial charge in [-0.3, -0.25) is 9.69 Å². The Kier molecular flexibility index (Phi) is 4.67. The van der Waals surface area contributed by atoms with Crippen molar-refractivity contribution in [1.82, 2.24) is 10.2 Å². The monoisotopic (exact) mass is 232 g/mol. The number of amides is 1. The van der Waals surface area contributed by atoms with Gasteiger partial charge in [-0.2, -0.15) is 0 Å². The first-order valence-corrected chi connectivity index (χ1v) is 5.50. The average molecular weight is 232 g/mol. The number of likely N-dealkylation sites (tertiary alicyclic amines) is 1. The first-order valence-electron chi connectivity index (χ1n) is 5.50. The molecule has 1 fully saturated rings. The summed E-state index contributed by atoms with van der Waals surface area (Å²) < 4.78 is 0. The number of aliphatic hydroxyl groups excluding tert-OH is 3. The fourth-order valence-electron chi connectivity index (χ4n) is 2.26. The van der Waals surface area contributed by atoms with Gasteiger partial charge in [0.05, 0.1) is 30.9 Å². The van der Waals surface area contributed by atoms with E-state index in [4.69, 9.17) is 5.11 Å². The molecule has 4 N–H and O–H groups in total. The van der Waals surface area contributed by atoms with Crippen molar-refractivity contribution in [3.05, 3.63) is 0 Å². The Bertz CT molecular complexity index is 249. The highest BCUT2D eigenvalue weighted by Gasteiger charge is 2.46. The second kappa shape index (κ2) is 5.58. The van der Waals surface area contributed by atoms with E-state index in [-0.39, 0.29) is 25.1 Å². The van der Waals surface area contributed by atoms with Crippen molar-refractivity contribution in [2.45, 2.75) is 38.1 Å². The van der Waals surface area contributed by atoms with Crippen molar-refractivity contribution in [2.75, 3.05) is 19.7 Å². The normalized spacial score (nSPS) is 35.3.